The number of nitrogens with one attached hydrogen (secondary N) is 1. The van der Waals surface area contributed by atoms with E-state index in [-0.39, 0.29) is 28.4 Å². The molecule has 0 unspecified atom stereocenters. The van der Waals surface area contributed by atoms with Crippen molar-refractivity contribution in [3.8, 4) is 11.9 Å². The first kappa shape index (κ1) is 23.1. The number of hydrogen-bond acceptors (Lipinski definition) is 6. The molecule has 0 aliphatic heterocycles. The van der Waals surface area contributed by atoms with Gasteiger partial charge in [0.05, 0.1) is 23.1 Å². The number of carbonyl (C=O) groups excluding carboxylic acids is 1. The highest BCUT2D eigenvalue weighted by molar-refractivity contribution is 7.89. The predicted molar refractivity (Wildman–Crippen MR) is 98.6 cm³/mol. The normalized spacial score (nSPS) is 11.7. The highest BCUT2D eigenvalue weighted by Crippen LogP contribution is 2.20. The van der Waals surface area contributed by atoms with E-state index in [1.54, 1.807) is 0 Å². The fraction of sp³-hybridized carbons (Fsp3) is 0.278. The van der Waals surface area contributed by atoms with E-state index in [1.165, 1.54) is 49.6 Å². The quantitative estimate of drug-likeness (QED) is 0.668. The topological polar surface area (TPSA) is 112 Å². The van der Waals surface area contributed by atoms with Gasteiger partial charge in [0.2, 0.25) is 21.8 Å². The maximum atomic E-state index is 12.5. The number of ether oxygens (including phenoxy) is 1. The van der Waals surface area contributed by atoms with E-state index >= 15 is 0 Å². The summed E-state index contributed by atoms with van der Waals surface area (Å²) in [5.74, 6) is -0.964. The maximum Gasteiger partial charge on any atom is 0.422 e. The lowest BCUT2D eigenvalue weighted by Crippen LogP contribution is -2.38. The van der Waals surface area contributed by atoms with E-state index in [0.29, 0.717) is 0 Å². The second-order valence-corrected chi connectivity index (χ2v) is 8.09. The van der Waals surface area contributed by atoms with E-state index in [4.69, 9.17) is 5.26 Å². The largest absolute Gasteiger partial charge is 0.468 e. The molecule has 0 aliphatic rings. The number of sulfonamides is 1. The molecule has 1 heterocycles. The van der Waals surface area contributed by atoms with Gasteiger partial charge in [-0.2, -0.15) is 22.7 Å². The molecule has 8 nitrogen and oxygen atoms in total. The van der Waals surface area contributed by atoms with Crippen LogP contribution in [0.15, 0.2) is 47.5 Å². The average molecular weight is 442 g/mol. The van der Waals surface area contributed by atoms with Crippen molar-refractivity contribution in [3.63, 3.8) is 0 Å². The van der Waals surface area contributed by atoms with Crippen LogP contribution in [-0.4, -0.2) is 50.0 Å². The van der Waals surface area contributed by atoms with Gasteiger partial charge < -0.3 is 10.1 Å². The van der Waals surface area contributed by atoms with E-state index < -0.39 is 35.3 Å². The third-order valence-corrected chi connectivity index (χ3v) is 5.57. The number of aromatic nitrogens is 1. The Morgan fingerprint density at radius 1 is 1.27 bits per heavy atom. The van der Waals surface area contributed by atoms with E-state index in [2.05, 4.69) is 15.0 Å². The first-order chi connectivity index (χ1) is 14.0. The first-order valence-electron chi connectivity index (χ1n) is 8.39. The zero-order chi connectivity index (χ0) is 22.4. The maximum absolute atomic E-state index is 12.5. The molecular weight excluding hydrogens is 425 g/mol. The average Bonchev–Trinajstić information content (AvgIpc) is 2.70. The van der Waals surface area contributed by atoms with Gasteiger partial charge in [-0.15, -0.1) is 0 Å². The highest BCUT2D eigenvalue weighted by atomic mass is 32.2. The summed E-state index contributed by atoms with van der Waals surface area (Å²) in [5, 5.41) is 11.2. The molecule has 30 heavy (non-hydrogen) atoms. The zero-order valence-corrected chi connectivity index (χ0v) is 16.5. The molecule has 0 atom stereocenters. The van der Waals surface area contributed by atoms with Gasteiger partial charge in [-0.1, -0.05) is 6.07 Å². The van der Waals surface area contributed by atoms with Crippen molar-refractivity contribution in [2.24, 2.45) is 0 Å². The Morgan fingerprint density at radius 2 is 1.93 bits per heavy atom. The van der Waals surface area contributed by atoms with Crippen LogP contribution in [-0.2, 0) is 21.4 Å². The summed E-state index contributed by atoms with van der Waals surface area (Å²) >= 11 is 0. The second kappa shape index (κ2) is 9.55. The summed E-state index contributed by atoms with van der Waals surface area (Å²) in [5.41, 5.74) is 0.488. The molecule has 0 saturated carbocycles. The van der Waals surface area contributed by atoms with Crippen LogP contribution >= 0.6 is 0 Å². The number of likely N-dealkylation sites (N-methyl/N-ethyl adjacent to an activating group) is 1. The molecule has 160 valence electrons. The number of nitriles is 1. The molecule has 2 aromatic rings. The van der Waals surface area contributed by atoms with E-state index in [0.717, 1.165) is 4.31 Å². The van der Waals surface area contributed by atoms with Crippen LogP contribution in [0.25, 0.3) is 0 Å². The van der Waals surface area contributed by atoms with Crippen molar-refractivity contribution in [2.75, 3.05) is 20.2 Å². The van der Waals surface area contributed by atoms with Crippen LogP contribution in [0.5, 0.6) is 5.88 Å². The lowest BCUT2D eigenvalue weighted by Gasteiger charge is -2.17. The van der Waals surface area contributed by atoms with Crippen molar-refractivity contribution in [3.05, 3.63) is 53.7 Å². The molecule has 0 aliphatic carbocycles. The van der Waals surface area contributed by atoms with Crippen LogP contribution < -0.4 is 10.1 Å². The summed E-state index contributed by atoms with van der Waals surface area (Å²) < 4.78 is 67.4. The van der Waals surface area contributed by atoms with Crippen LogP contribution in [0, 0.1) is 11.3 Å². The molecule has 1 N–H and O–H groups in total. The molecule has 1 aromatic heterocycles. The SMILES string of the molecule is CN(CC(=O)NCc1cccnc1OCC(F)(F)F)S(=O)(=O)c1ccc(C#N)cc1. The van der Waals surface area contributed by atoms with Crippen molar-refractivity contribution < 1.29 is 31.1 Å². The minimum absolute atomic E-state index is 0.0908. The van der Waals surface area contributed by atoms with Crippen LogP contribution in [0.1, 0.15) is 11.1 Å². The van der Waals surface area contributed by atoms with Crippen molar-refractivity contribution in [2.45, 2.75) is 17.6 Å². The summed E-state index contributed by atoms with van der Waals surface area (Å²) in [7, 11) is -2.77. The Balaban J connectivity index is 1.98. The monoisotopic (exact) mass is 442 g/mol. The van der Waals surface area contributed by atoms with Gasteiger partial charge in [-0.25, -0.2) is 13.4 Å². The molecule has 0 spiro atoms. The van der Waals surface area contributed by atoms with Gasteiger partial charge in [0.1, 0.15) is 0 Å². The summed E-state index contributed by atoms with van der Waals surface area (Å²) in [4.78, 5) is 15.8. The molecule has 0 radical (unpaired) electrons. The lowest BCUT2D eigenvalue weighted by atomic mass is 10.2. The van der Waals surface area contributed by atoms with Crippen LogP contribution in [0.2, 0.25) is 0 Å². The third-order valence-electron chi connectivity index (χ3n) is 3.76. The minimum Gasteiger partial charge on any atom is -0.468 e. The van der Waals surface area contributed by atoms with Crippen LogP contribution in [0.3, 0.4) is 0 Å². The molecular formula is C18H17F3N4O4S. The number of carbonyl (C=O) groups is 1. The number of alkyl halides is 3. The summed E-state index contributed by atoms with van der Waals surface area (Å²) in [6, 6.07) is 9.94. The second-order valence-electron chi connectivity index (χ2n) is 6.05. The standard InChI is InChI=1S/C18H17F3N4O4S/c1-25(30(27,28)15-6-4-13(9-22)5-7-15)11-16(26)24-10-14-3-2-8-23-17(14)29-12-18(19,20)21/h2-8H,10-12H2,1H3,(H,24,26). The fourth-order valence-electron chi connectivity index (χ4n) is 2.26. The fourth-order valence-corrected chi connectivity index (χ4v) is 3.38. The van der Waals surface area contributed by atoms with Gasteiger partial charge in [-0.05, 0) is 30.3 Å². The predicted octanol–water partition coefficient (Wildman–Crippen LogP) is 1.83. The minimum atomic E-state index is -4.54. The Kier molecular flexibility index (Phi) is 7.36. The Morgan fingerprint density at radius 3 is 2.53 bits per heavy atom. The zero-order valence-electron chi connectivity index (χ0n) is 15.7. The number of pyridine rings is 1. The molecule has 2 rings (SSSR count). The third kappa shape index (κ3) is 6.43. The molecule has 0 fully saturated rings. The Hall–Kier alpha value is -3.17. The molecule has 0 saturated heterocycles. The number of halogens is 3. The summed E-state index contributed by atoms with van der Waals surface area (Å²) in [6.45, 7) is -2.26. The van der Waals surface area contributed by atoms with Crippen molar-refractivity contribution >= 4 is 15.9 Å². The van der Waals surface area contributed by atoms with Gasteiger partial charge >= 0.3 is 6.18 Å². The van der Waals surface area contributed by atoms with Gasteiger partial charge in [0.25, 0.3) is 0 Å². The van der Waals surface area contributed by atoms with E-state index in [1.807, 2.05) is 6.07 Å². The first-order valence-corrected chi connectivity index (χ1v) is 9.83. The molecule has 1 amide bonds. The Bertz CT molecular complexity index is 1030. The van der Waals surface area contributed by atoms with Crippen molar-refractivity contribution in [1.29, 1.82) is 5.26 Å². The molecule has 0 bridgehead atoms. The lowest BCUT2D eigenvalue weighted by molar-refractivity contribution is -0.154. The number of rotatable bonds is 8. The smallest absolute Gasteiger partial charge is 0.422 e. The molecule has 12 heteroatoms. The Labute approximate surface area is 170 Å². The molecule has 1 aromatic carbocycles. The van der Waals surface area contributed by atoms with Gasteiger partial charge in [0.15, 0.2) is 6.61 Å². The highest BCUT2D eigenvalue weighted by Gasteiger charge is 2.29. The number of benzene rings is 1. The van der Waals surface area contributed by atoms with E-state index in [9.17, 15) is 26.4 Å². The number of hydrogen-bond donors (Lipinski definition) is 1. The number of nitrogens with zero attached hydrogens (tertiary/aromatic N) is 3. The number of amides is 1. The summed E-state index contributed by atoms with van der Waals surface area (Å²) in [6.07, 6.45) is -3.30. The van der Waals surface area contributed by atoms with Crippen molar-refractivity contribution in [1.82, 2.24) is 14.6 Å². The van der Waals surface area contributed by atoms with Gasteiger partial charge in [-0.3, -0.25) is 4.79 Å². The van der Waals surface area contributed by atoms with Crippen LogP contribution in [0.4, 0.5) is 13.2 Å². The van der Waals surface area contributed by atoms with Gasteiger partial charge in [0, 0.05) is 25.4 Å².